The van der Waals surface area contributed by atoms with E-state index in [2.05, 4.69) is 4.98 Å². The van der Waals surface area contributed by atoms with Gasteiger partial charge in [0.2, 0.25) is 5.75 Å². The Morgan fingerprint density at radius 2 is 1.96 bits per heavy atom. The van der Waals surface area contributed by atoms with Gasteiger partial charge in [-0.15, -0.1) is 0 Å². The molecule has 0 atom stereocenters. The van der Waals surface area contributed by atoms with Gasteiger partial charge in [0.05, 0.1) is 4.92 Å². The second-order valence-electron chi connectivity index (χ2n) is 6.02. The van der Waals surface area contributed by atoms with Crippen LogP contribution in [0.25, 0.3) is 0 Å². The lowest BCUT2D eigenvalue weighted by Crippen LogP contribution is -2.26. The summed E-state index contributed by atoms with van der Waals surface area (Å²) in [6, 6.07) is 14.3. The van der Waals surface area contributed by atoms with E-state index in [1.165, 1.54) is 18.2 Å². The van der Waals surface area contributed by atoms with Gasteiger partial charge in [-0.1, -0.05) is 17.7 Å². The molecule has 0 aliphatic carbocycles. The topological polar surface area (TPSA) is 85.6 Å². The van der Waals surface area contributed by atoms with Crippen LogP contribution < -0.4 is 4.74 Å². The van der Waals surface area contributed by atoms with Crippen LogP contribution in [0.2, 0.25) is 5.02 Å². The van der Waals surface area contributed by atoms with Gasteiger partial charge < -0.3 is 9.64 Å². The third-order valence-electron chi connectivity index (χ3n) is 3.94. The average Bonchev–Trinajstić information content (AvgIpc) is 2.70. The van der Waals surface area contributed by atoms with Crippen molar-refractivity contribution in [2.75, 3.05) is 7.05 Å². The highest BCUT2D eigenvalue weighted by molar-refractivity contribution is 6.30. The van der Waals surface area contributed by atoms with Crippen LogP contribution in [0.3, 0.4) is 0 Å². The van der Waals surface area contributed by atoms with Crippen LogP contribution in [0, 0.1) is 10.1 Å². The summed E-state index contributed by atoms with van der Waals surface area (Å²) in [5, 5.41) is 11.4. The monoisotopic (exact) mass is 397 g/mol. The van der Waals surface area contributed by atoms with Crippen LogP contribution in [0.15, 0.2) is 67.0 Å². The van der Waals surface area contributed by atoms with Crippen molar-refractivity contribution < 1.29 is 14.5 Å². The largest absolute Gasteiger partial charge is 0.450 e. The van der Waals surface area contributed by atoms with E-state index in [1.807, 2.05) is 12.1 Å². The molecule has 3 rings (SSSR count). The fraction of sp³-hybridized carbons (Fsp3) is 0.100. The third-order valence-corrected chi connectivity index (χ3v) is 4.17. The van der Waals surface area contributed by atoms with Gasteiger partial charge in [0, 0.05) is 42.6 Å². The number of benzene rings is 2. The number of ether oxygens (including phenoxy) is 1. The molecule has 0 saturated heterocycles. The Balaban J connectivity index is 1.71. The standard InChI is InChI=1S/C20H16ClN3O4/c1-23(13-14-3-2-10-22-12-14)20(25)15-4-7-17(8-5-15)28-19-9-6-16(21)11-18(19)24(26)27/h2-12H,13H2,1H3. The van der Waals surface area contributed by atoms with Gasteiger partial charge >= 0.3 is 5.69 Å². The minimum atomic E-state index is -0.563. The van der Waals surface area contributed by atoms with Crippen molar-refractivity contribution in [2.24, 2.45) is 0 Å². The minimum Gasteiger partial charge on any atom is -0.450 e. The van der Waals surface area contributed by atoms with E-state index < -0.39 is 4.92 Å². The number of hydrogen-bond donors (Lipinski definition) is 0. The molecule has 0 aliphatic heterocycles. The van der Waals surface area contributed by atoms with E-state index in [-0.39, 0.29) is 22.4 Å². The molecule has 0 saturated carbocycles. The van der Waals surface area contributed by atoms with Crippen molar-refractivity contribution in [1.29, 1.82) is 0 Å². The Bertz CT molecular complexity index is 994. The van der Waals surface area contributed by atoms with E-state index in [0.717, 1.165) is 5.56 Å². The molecule has 8 heteroatoms. The fourth-order valence-corrected chi connectivity index (χ4v) is 2.74. The number of carbonyl (C=O) groups excluding carboxylic acids is 1. The molecule has 0 fully saturated rings. The van der Waals surface area contributed by atoms with Crippen molar-refractivity contribution in [1.82, 2.24) is 9.88 Å². The highest BCUT2D eigenvalue weighted by Gasteiger charge is 2.17. The van der Waals surface area contributed by atoms with Gasteiger partial charge in [-0.3, -0.25) is 19.9 Å². The van der Waals surface area contributed by atoms with Gasteiger partial charge in [-0.2, -0.15) is 0 Å². The highest BCUT2D eigenvalue weighted by atomic mass is 35.5. The molecular formula is C20H16ClN3O4. The lowest BCUT2D eigenvalue weighted by atomic mass is 10.2. The van der Waals surface area contributed by atoms with E-state index in [4.69, 9.17) is 16.3 Å². The summed E-state index contributed by atoms with van der Waals surface area (Å²) in [5.74, 6) is 0.284. The smallest absolute Gasteiger partial charge is 0.313 e. The maximum absolute atomic E-state index is 12.6. The molecule has 2 aromatic carbocycles. The molecule has 0 bridgehead atoms. The maximum atomic E-state index is 12.6. The van der Waals surface area contributed by atoms with E-state index in [1.54, 1.807) is 48.6 Å². The summed E-state index contributed by atoms with van der Waals surface area (Å²) in [7, 11) is 1.71. The number of hydrogen-bond acceptors (Lipinski definition) is 5. The number of carbonyl (C=O) groups is 1. The van der Waals surface area contributed by atoms with Crippen LogP contribution >= 0.6 is 11.6 Å². The van der Waals surface area contributed by atoms with Crippen molar-refractivity contribution in [3.8, 4) is 11.5 Å². The first kappa shape index (κ1) is 19.3. The van der Waals surface area contributed by atoms with Gasteiger partial charge in [-0.05, 0) is 48.0 Å². The molecule has 1 heterocycles. The summed E-state index contributed by atoms with van der Waals surface area (Å²) in [6.07, 6.45) is 3.38. The number of nitro groups is 1. The van der Waals surface area contributed by atoms with E-state index in [0.29, 0.717) is 17.9 Å². The Labute approximate surface area is 166 Å². The first-order chi connectivity index (χ1) is 13.4. The lowest BCUT2D eigenvalue weighted by Gasteiger charge is -2.17. The quantitative estimate of drug-likeness (QED) is 0.444. The SMILES string of the molecule is CN(Cc1cccnc1)C(=O)c1ccc(Oc2ccc(Cl)cc2[N+](=O)[O-])cc1. The number of halogens is 1. The summed E-state index contributed by atoms with van der Waals surface area (Å²) in [4.78, 5) is 28.8. The first-order valence-corrected chi connectivity index (χ1v) is 8.68. The summed E-state index contributed by atoms with van der Waals surface area (Å²) >= 11 is 5.80. The normalized spacial score (nSPS) is 10.4. The van der Waals surface area contributed by atoms with Crippen LogP contribution in [0.1, 0.15) is 15.9 Å². The second-order valence-corrected chi connectivity index (χ2v) is 6.45. The first-order valence-electron chi connectivity index (χ1n) is 8.30. The van der Waals surface area contributed by atoms with Crippen molar-refractivity contribution >= 4 is 23.2 Å². The summed E-state index contributed by atoms with van der Waals surface area (Å²) in [5.41, 5.74) is 1.17. The third kappa shape index (κ3) is 4.63. The molecule has 28 heavy (non-hydrogen) atoms. The van der Waals surface area contributed by atoms with Gasteiger partial charge in [0.1, 0.15) is 5.75 Å². The van der Waals surface area contributed by atoms with Crippen molar-refractivity contribution in [3.63, 3.8) is 0 Å². The van der Waals surface area contributed by atoms with Crippen molar-refractivity contribution in [2.45, 2.75) is 6.54 Å². The molecule has 1 aromatic heterocycles. The van der Waals surface area contributed by atoms with E-state index >= 15 is 0 Å². The molecule has 1 amide bonds. The van der Waals surface area contributed by atoms with Gasteiger partial charge in [0.25, 0.3) is 5.91 Å². The second kappa shape index (κ2) is 8.49. The molecule has 3 aromatic rings. The Morgan fingerprint density at radius 1 is 1.21 bits per heavy atom. The average molecular weight is 398 g/mol. The summed E-state index contributed by atoms with van der Waals surface area (Å²) in [6.45, 7) is 0.432. The molecular weight excluding hydrogens is 382 g/mol. The number of aromatic nitrogens is 1. The number of pyridine rings is 1. The molecule has 142 valence electrons. The Morgan fingerprint density at radius 3 is 2.61 bits per heavy atom. The van der Waals surface area contributed by atoms with E-state index in [9.17, 15) is 14.9 Å². The van der Waals surface area contributed by atoms with Gasteiger partial charge in [-0.25, -0.2) is 0 Å². The number of nitrogens with zero attached hydrogens (tertiary/aromatic N) is 3. The lowest BCUT2D eigenvalue weighted by molar-refractivity contribution is -0.385. The zero-order valence-corrected chi connectivity index (χ0v) is 15.7. The number of amides is 1. The maximum Gasteiger partial charge on any atom is 0.313 e. The molecule has 0 unspecified atom stereocenters. The minimum absolute atomic E-state index is 0.0715. The van der Waals surface area contributed by atoms with Crippen LogP contribution in [0.5, 0.6) is 11.5 Å². The predicted octanol–water partition coefficient (Wildman–Crippen LogP) is 4.71. The molecule has 0 N–H and O–H groups in total. The van der Waals surface area contributed by atoms with Gasteiger partial charge in [0.15, 0.2) is 0 Å². The Kier molecular flexibility index (Phi) is 5.86. The summed E-state index contributed by atoms with van der Waals surface area (Å²) < 4.78 is 5.58. The molecule has 0 spiro atoms. The zero-order chi connectivity index (χ0) is 20.1. The zero-order valence-electron chi connectivity index (χ0n) is 14.9. The van der Waals surface area contributed by atoms with Crippen LogP contribution in [0.4, 0.5) is 5.69 Å². The van der Waals surface area contributed by atoms with Crippen LogP contribution in [-0.2, 0) is 6.54 Å². The molecule has 7 nitrogen and oxygen atoms in total. The predicted molar refractivity (Wildman–Crippen MR) is 105 cm³/mol. The molecule has 0 radical (unpaired) electrons. The Hall–Kier alpha value is -3.45. The number of nitro benzene ring substituents is 1. The molecule has 0 aliphatic rings. The van der Waals surface area contributed by atoms with Crippen LogP contribution in [-0.4, -0.2) is 27.8 Å². The number of rotatable bonds is 6. The fourth-order valence-electron chi connectivity index (χ4n) is 2.57. The van der Waals surface area contributed by atoms with Crippen molar-refractivity contribution in [3.05, 3.63) is 93.3 Å². The highest BCUT2D eigenvalue weighted by Crippen LogP contribution is 2.33.